The highest BCUT2D eigenvalue weighted by atomic mass is 19.1. The van der Waals surface area contributed by atoms with Crippen molar-refractivity contribution in [3.05, 3.63) is 102 Å². The van der Waals surface area contributed by atoms with Crippen LogP contribution in [0.5, 0.6) is 0 Å². The van der Waals surface area contributed by atoms with E-state index in [4.69, 9.17) is 5.26 Å². The standard InChI is InChI=1S/C26H23FN6O/c1-33-17-21(15-31-33)22-16-30-24(13-23(22)27)32-26(34)25(20-5-3-2-4-6-20)29-12-11-18-7-9-19(14-28)10-8-18/h2-10,13,15-17,25,29H,11-12H2,1H3,(H,30,32,34)/t25-/m1/s1. The van der Waals surface area contributed by atoms with Crippen LogP contribution in [0.15, 0.2) is 79.3 Å². The number of carbonyl (C=O) groups is 1. The number of halogens is 1. The highest BCUT2D eigenvalue weighted by Crippen LogP contribution is 2.23. The number of anilines is 1. The minimum Gasteiger partial charge on any atom is -0.309 e. The van der Waals surface area contributed by atoms with Crippen LogP contribution < -0.4 is 10.6 Å². The summed E-state index contributed by atoms with van der Waals surface area (Å²) in [7, 11) is 1.75. The van der Waals surface area contributed by atoms with Crippen molar-refractivity contribution in [2.24, 2.45) is 7.05 Å². The fraction of sp³-hybridized carbons (Fsp3) is 0.154. The zero-order valence-corrected chi connectivity index (χ0v) is 18.6. The van der Waals surface area contributed by atoms with Gasteiger partial charge in [-0.25, -0.2) is 9.37 Å². The molecule has 1 atom stereocenters. The summed E-state index contributed by atoms with van der Waals surface area (Å²) in [5, 5.41) is 19.0. The maximum Gasteiger partial charge on any atom is 0.247 e. The van der Waals surface area contributed by atoms with Crippen LogP contribution in [0, 0.1) is 17.1 Å². The molecule has 170 valence electrons. The van der Waals surface area contributed by atoms with Gasteiger partial charge in [0.15, 0.2) is 0 Å². The van der Waals surface area contributed by atoms with E-state index in [1.165, 1.54) is 12.3 Å². The fourth-order valence-corrected chi connectivity index (χ4v) is 3.58. The number of aryl methyl sites for hydroxylation is 1. The van der Waals surface area contributed by atoms with Crippen LogP contribution in [-0.2, 0) is 18.3 Å². The number of carbonyl (C=O) groups excluding carboxylic acids is 1. The molecule has 1 amide bonds. The molecule has 0 saturated carbocycles. The smallest absolute Gasteiger partial charge is 0.247 e. The first kappa shape index (κ1) is 22.8. The molecule has 2 N–H and O–H groups in total. The maximum absolute atomic E-state index is 14.7. The molecule has 0 aliphatic carbocycles. The molecule has 0 bridgehead atoms. The summed E-state index contributed by atoms with van der Waals surface area (Å²) in [6, 6.07) is 19.3. The second-order valence-corrected chi connectivity index (χ2v) is 7.80. The first-order chi connectivity index (χ1) is 16.5. The van der Waals surface area contributed by atoms with Crippen LogP contribution in [0.1, 0.15) is 22.7 Å². The number of nitriles is 1. The Balaban J connectivity index is 1.46. The molecular weight excluding hydrogens is 431 g/mol. The number of nitrogens with one attached hydrogen (secondary N) is 2. The Bertz CT molecular complexity index is 1310. The third-order valence-electron chi connectivity index (χ3n) is 5.36. The van der Waals surface area contributed by atoms with Crippen molar-refractivity contribution in [2.45, 2.75) is 12.5 Å². The Labute approximate surface area is 196 Å². The number of pyridine rings is 1. The van der Waals surface area contributed by atoms with Crippen molar-refractivity contribution in [3.8, 4) is 17.2 Å². The summed E-state index contributed by atoms with van der Waals surface area (Å²) in [5.41, 5.74) is 3.36. The van der Waals surface area contributed by atoms with Gasteiger partial charge in [-0.05, 0) is 29.7 Å². The highest BCUT2D eigenvalue weighted by Gasteiger charge is 2.21. The van der Waals surface area contributed by atoms with E-state index in [9.17, 15) is 9.18 Å². The van der Waals surface area contributed by atoms with Gasteiger partial charge < -0.3 is 10.6 Å². The molecule has 8 heteroatoms. The van der Waals surface area contributed by atoms with Crippen LogP contribution in [0.4, 0.5) is 10.2 Å². The van der Waals surface area contributed by atoms with Gasteiger partial charge in [0.1, 0.15) is 17.7 Å². The molecule has 34 heavy (non-hydrogen) atoms. The number of hydrogen-bond acceptors (Lipinski definition) is 5. The van der Waals surface area contributed by atoms with E-state index in [1.54, 1.807) is 36.3 Å². The lowest BCUT2D eigenvalue weighted by atomic mass is 10.0. The molecule has 0 aliphatic heterocycles. The lowest BCUT2D eigenvalue weighted by Crippen LogP contribution is -2.34. The van der Waals surface area contributed by atoms with Crippen LogP contribution in [0.2, 0.25) is 0 Å². The van der Waals surface area contributed by atoms with Crippen LogP contribution in [0.25, 0.3) is 11.1 Å². The third-order valence-corrected chi connectivity index (χ3v) is 5.36. The molecule has 0 saturated heterocycles. The Morgan fingerprint density at radius 2 is 1.91 bits per heavy atom. The van der Waals surface area contributed by atoms with Gasteiger partial charge in [-0.3, -0.25) is 9.48 Å². The molecule has 0 aliphatic rings. The average molecular weight is 455 g/mol. The van der Waals surface area contributed by atoms with E-state index in [-0.39, 0.29) is 11.7 Å². The Morgan fingerprint density at radius 3 is 2.56 bits per heavy atom. The van der Waals surface area contributed by atoms with E-state index in [1.807, 2.05) is 42.5 Å². The normalized spacial score (nSPS) is 11.6. The van der Waals surface area contributed by atoms with Gasteiger partial charge in [-0.2, -0.15) is 10.4 Å². The largest absolute Gasteiger partial charge is 0.309 e. The predicted molar refractivity (Wildman–Crippen MR) is 127 cm³/mol. The molecule has 2 heterocycles. The van der Waals surface area contributed by atoms with Gasteiger partial charge in [0.25, 0.3) is 0 Å². The molecule has 4 rings (SSSR count). The Morgan fingerprint density at radius 1 is 1.15 bits per heavy atom. The lowest BCUT2D eigenvalue weighted by Gasteiger charge is -2.19. The lowest BCUT2D eigenvalue weighted by molar-refractivity contribution is -0.118. The van der Waals surface area contributed by atoms with Crippen LogP contribution in [-0.4, -0.2) is 27.2 Å². The average Bonchev–Trinajstić information content (AvgIpc) is 3.28. The molecule has 0 unspecified atom stereocenters. The number of hydrogen-bond donors (Lipinski definition) is 2. The summed E-state index contributed by atoms with van der Waals surface area (Å²) in [4.78, 5) is 17.3. The molecule has 2 aromatic heterocycles. The van der Waals surface area contributed by atoms with Gasteiger partial charge in [-0.15, -0.1) is 0 Å². The topological polar surface area (TPSA) is 95.6 Å². The predicted octanol–water partition coefficient (Wildman–Crippen LogP) is 4.00. The molecule has 7 nitrogen and oxygen atoms in total. The van der Waals surface area contributed by atoms with Crippen molar-refractivity contribution in [3.63, 3.8) is 0 Å². The van der Waals surface area contributed by atoms with Crippen molar-refractivity contribution >= 4 is 11.7 Å². The van der Waals surface area contributed by atoms with E-state index in [0.29, 0.717) is 29.7 Å². The molecular formula is C26H23FN6O. The molecule has 0 spiro atoms. The summed E-state index contributed by atoms with van der Waals surface area (Å²) >= 11 is 0. The van der Waals surface area contributed by atoms with E-state index < -0.39 is 11.9 Å². The highest BCUT2D eigenvalue weighted by molar-refractivity contribution is 5.95. The third kappa shape index (κ3) is 5.52. The van der Waals surface area contributed by atoms with Crippen molar-refractivity contribution in [1.82, 2.24) is 20.1 Å². The second kappa shape index (κ2) is 10.5. The Hall–Kier alpha value is -4.35. The summed E-state index contributed by atoms with van der Waals surface area (Å²) in [6.07, 6.45) is 5.32. The molecule has 4 aromatic rings. The first-order valence-electron chi connectivity index (χ1n) is 10.8. The monoisotopic (exact) mass is 454 g/mol. The van der Waals surface area contributed by atoms with Gasteiger partial charge in [-0.1, -0.05) is 42.5 Å². The quantitative estimate of drug-likeness (QED) is 0.420. The van der Waals surface area contributed by atoms with Crippen molar-refractivity contribution in [1.29, 1.82) is 5.26 Å². The molecule has 0 radical (unpaired) electrons. The summed E-state index contributed by atoms with van der Waals surface area (Å²) in [6.45, 7) is 0.528. The van der Waals surface area contributed by atoms with Crippen molar-refractivity contribution in [2.75, 3.05) is 11.9 Å². The number of nitrogens with zero attached hydrogens (tertiary/aromatic N) is 4. The van der Waals surface area contributed by atoms with E-state index in [0.717, 1.165) is 11.1 Å². The molecule has 0 fully saturated rings. The second-order valence-electron chi connectivity index (χ2n) is 7.80. The van der Waals surface area contributed by atoms with Gasteiger partial charge in [0.05, 0.1) is 17.8 Å². The fourth-order valence-electron chi connectivity index (χ4n) is 3.58. The minimum atomic E-state index is -0.651. The minimum absolute atomic E-state index is 0.130. The van der Waals surface area contributed by atoms with Crippen LogP contribution in [0.3, 0.4) is 0 Å². The zero-order chi connectivity index (χ0) is 23.9. The SMILES string of the molecule is Cn1cc(-c2cnc(NC(=O)[C@H](NCCc3ccc(C#N)cc3)c3ccccc3)cc2F)cn1. The summed E-state index contributed by atoms with van der Waals surface area (Å²) in [5.74, 6) is -0.708. The number of rotatable bonds is 8. The van der Waals surface area contributed by atoms with E-state index >= 15 is 0 Å². The summed E-state index contributed by atoms with van der Waals surface area (Å²) < 4.78 is 16.3. The maximum atomic E-state index is 14.7. The van der Waals surface area contributed by atoms with Gasteiger partial charge in [0, 0.05) is 43.2 Å². The van der Waals surface area contributed by atoms with Crippen LogP contribution >= 0.6 is 0 Å². The number of benzene rings is 2. The number of amides is 1. The number of aromatic nitrogens is 3. The van der Waals surface area contributed by atoms with Gasteiger partial charge >= 0.3 is 0 Å². The zero-order valence-electron chi connectivity index (χ0n) is 18.6. The first-order valence-corrected chi connectivity index (χ1v) is 10.8. The molecule has 2 aromatic carbocycles. The Kier molecular flexibility index (Phi) is 7.06. The van der Waals surface area contributed by atoms with E-state index in [2.05, 4.69) is 26.8 Å². The van der Waals surface area contributed by atoms with Gasteiger partial charge in [0.2, 0.25) is 5.91 Å². The van der Waals surface area contributed by atoms with Crippen molar-refractivity contribution < 1.29 is 9.18 Å².